The summed E-state index contributed by atoms with van der Waals surface area (Å²) in [6.45, 7) is 0. The molecule has 8 nitrogen and oxygen atoms in total. The molecule has 0 aliphatic carbocycles. The lowest BCUT2D eigenvalue weighted by molar-refractivity contribution is -0.117. The van der Waals surface area contributed by atoms with E-state index in [1.54, 1.807) is 48.4 Å². The molecule has 0 aromatic heterocycles. The Hall–Kier alpha value is -2.43. The number of hydrogen-bond acceptors (Lipinski definition) is 7. The van der Waals surface area contributed by atoms with Crippen LogP contribution in [0.3, 0.4) is 0 Å². The Balaban J connectivity index is 1.67. The van der Waals surface area contributed by atoms with Gasteiger partial charge in [-0.15, -0.1) is 0 Å². The first kappa shape index (κ1) is 23.7. The van der Waals surface area contributed by atoms with E-state index in [0.717, 1.165) is 5.56 Å². The summed E-state index contributed by atoms with van der Waals surface area (Å²) in [5, 5.41) is 0.674. The second kappa shape index (κ2) is 9.44. The molecule has 33 heavy (non-hydrogen) atoms. The zero-order valence-electron chi connectivity index (χ0n) is 18.3. The number of amides is 1. The Bertz CT molecular complexity index is 1220. The Labute approximate surface area is 201 Å². The van der Waals surface area contributed by atoms with Gasteiger partial charge in [-0.3, -0.25) is 4.79 Å². The number of rotatable bonds is 6. The molecular weight excluding hydrogens is 488 g/mol. The lowest BCUT2D eigenvalue weighted by Crippen LogP contribution is -2.38. The van der Waals surface area contributed by atoms with Crippen molar-refractivity contribution in [3.8, 4) is 17.2 Å². The molecule has 176 valence electrons. The minimum atomic E-state index is -3.19. The number of halogens is 1. The van der Waals surface area contributed by atoms with E-state index in [4.69, 9.17) is 25.8 Å². The van der Waals surface area contributed by atoms with E-state index in [0.29, 0.717) is 33.1 Å². The Morgan fingerprint density at radius 3 is 2.45 bits per heavy atom. The van der Waals surface area contributed by atoms with Gasteiger partial charge < -0.3 is 19.1 Å². The van der Waals surface area contributed by atoms with E-state index >= 15 is 0 Å². The summed E-state index contributed by atoms with van der Waals surface area (Å²) < 4.78 is 40.6. The van der Waals surface area contributed by atoms with Crippen molar-refractivity contribution in [1.82, 2.24) is 0 Å². The minimum Gasteiger partial charge on any atom is -0.495 e. The van der Waals surface area contributed by atoms with Crippen molar-refractivity contribution in [2.75, 3.05) is 37.7 Å². The number of nitrogens with zero attached hydrogens (tertiary/aromatic N) is 2. The quantitative estimate of drug-likeness (QED) is 0.584. The number of sulfone groups is 1. The van der Waals surface area contributed by atoms with Crippen LogP contribution in [0.25, 0.3) is 0 Å². The number of benzene rings is 2. The first-order valence-electron chi connectivity index (χ1n) is 10.1. The van der Waals surface area contributed by atoms with Crippen molar-refractivity contribution in [2.24, 2.45) is 4.99 Å². The van der Waals surface area contributed by atoms with Gasteiger partial charge in [0.05, 0.1) is 51.0 Å². The first-order chi connectivity index (χ1) is 15.7. The Morgan fingerprint density at radius 1 is 1.06 bits per heavy atom. The number of ether oxygens (including phenoxy) is 3. The normalized spacial score (nSPS) is 22.3. The number of amidine groups is 1. The number of fused-ring (bicyclic) bond motifs is 1. The highest BCUT2D eigenvalue weighted by Crippen LogP contribution is 2.44. The maximum atomic E-state index is 12.9. The minimum absolute atomic E-state index is 0.0246. The molecule has 2 saturated heterocycles. The maximum absolute atomic E-state index is 12.9. The van der Waals surface area contributed by atoms with Gasteiger partial charge >= 0.3 is 0 Å². The fraction of sp³-hybridized carbons (Fsp3) is 0.364. The van der Waals surface area contributed by atoms with Crippen LogP contribution < -0.4 is 19.1 Å². The summed E-state index contributed by atoms with van der Waals surface area (Å²) in [6.07, 6.45) is 0.0541. The summed E-state index contributed by atoms with van der Waals surface area (Å²) >= 11 is 7.53. The second-order valence-electron chi connectivity index (χ2n) is 7.64. The van der Waals surface area contributed by atoms with Gasteiger partial charge in [0.2, 0.25) is 0 Å². The third-order valence-electron chi connectivity index (χ3n) is 5.49. The number of carbonyl (C=O) groups excluding carboxylic acids is 1. The van der Waals surface area contributed by atoms with E-state index in [-0.39, 0.29) is 35.1 Å². The van der Waals surface area contributed by atoms with Crippen LogP contribution in [0.1, 0.15) is 5.56 Å². The van der Waals surface area contributed by atoms with Crippen molar-refractivity contribution >= 4 is 50.0 Å². The Morgan fingerprint density at radius 2 is 1.76 bits per heavy atom. The van der Waals surface area contributed by atoms with E-state index in [1.165, 1.54) is 26.0 Å². The van der Waals surface area contributed by atoms with Crippen LogP contribution in [0, 0.1) is 0 Å². The van der Waals surface area contributed by atoms with Crippen LogP contribution in [-0.4, -0.2) is 63.6 Å². The fourth-order valence-electron chi connectivity index (χ4n) is 4.01. The van der Waals surface area contributed by atoms with Crippen LogP contribution in [0.2, 0.25) is 5.02 Å². The average Bonchev–Trinajstić information content (AvgIpc) is 3.23. The average molecular weight is 511 g/mol. The SMILES string of the molecule is COc1ccc(CC(=O)N=C2S[C@@H]3CS(=O)(=O)C[C@@H]3N2c2cc(Cl)ccc2OC)cc1OC. The van der Waals surface area contributed by atoms with Gasteiger partial charge in [-0.2, -0.15) is 4.99 Å². The van der Waals surface area contributed by atoms with Gasteiger partial charge in [0.1, 0.15) is 5.75 Å². The standard InChI is InChI=1S/C22H23ClN2O6S2/c1-29-17-7-5-14(23)10-15(17)25-16-11-33(27,28)12-20(16)32-22(25)24-21(26)9-13-4-6-18(30-2)19(8-13)31-3/h4-8,10,16,20H,9,11-12H2,1-3H3/t16-,20+/m0/s1. The fourth-order valence-corrected chi connectivity index (χ4v) is 8.10. The third kappa shape index (κ3) is 4.92. The lowest BCUT2D eigenvalue weighted by Gasteiger charge is -2.26. The highest BCUT2D eigenvalue weighted by molar-refractivity contribution is 8.16. The summed E-state index contributed by atoms with van der Waals surface area (Å²) in [7, 11) is 1.41. The Kier molecular flexibility index (Phi) is 6.78. The van der Waals surface area contributed by atoms with Gasteiger partial charge in [-0.25, -0.2) is 8.42 Å². The zero-order valence-corrected chi connectivity index (χ0v) is 20.7. The van der Waals surface area contributed by atoms with Crippen molar-refractivity contribution in [1.29, 1.82) is 0 Å². The monoisotopic (exact) mass is 510 g/mol. The van der Waals surface area contributed by atoms with E-state index in [2.05, 4.69) is 4.99 Å². The molecule has 0 saturated carbocycles. The van der Waals surface area contributed by atoms with E-state index in [1.807, 2.05) is 0 Å². The van der Waals surface area contributed by atoms with Crippen LogP contribution in [0.4, 0.5) is 5.69 Å². The molecule has 2 aromatic rings. The molecule has 0 spiro atoms. The van der Waals surface area contributed by atoms with Crippen molar-refractivity contribution in [2.45, 2.75) is 17.7 Å². The molecule has 2 aliphatic rings. The molecule has 0 unspecified atom stereocenters. The van der Waals surface area contributed by atoms with Crippen LogP contribution in [-0.2, 0) is 21.1 Å². The van der Waals surface area contributed by atoms with Crippen LogP contribution in [0.15, 0.2) is 41.4 Å². The highest BCUT2D eigenvalue weighted by Gasteiger charge is 2.50. The second-order valence-corrected chi connectivity index (χ2v) is 11.4. The van der Waals surface area contributed by atoms with Gasteiger partial charge in [-0.05, 0) is 35.9 Å². The molecular formula is C22H23ClN2O6S2. The van der Waals surface area contributed by atoms with Crippen LogP contribution >= 0.6 is 23.4 Å². The molecule has 2 fully saturated rings. The van der Waals surface area contributed by atoms with Gasteiger partial charge in [0, 0.05) is 10.3 Å². The predicted octanol–water partition coefficient (Wildman–Crippen LogP) is 3.21. The van der Waals surface area contributed by atoms with E-state index < -0.39 is 9.84 Å². The van der Waals surface area contributed by atoms with Gasteiger partial charge in [-0.1, -0.05) is 29.4 Å². The maximum Gasteiger partial charge on any atom is 0.252 e. The molecule has 0 N–H and O–H groups in total. The van der Waals surface area contributed by atoms with Crippen LogP contribution in [0.5, 0.6) is 17.2 Å². The molecule has 1 amide bonds. The number of methoxy groups -OCH3 is 3. The van der Waals surface area contributed by atoms with Gasteiger partial charge in [0.25, 0.3) is 5.91 Å². The molecule has 4 rings (SSSR count). The molecule has 2 aliphatic heterocycles. The number of thioether (sulfide) groups is 1. The summed E-state index contributed by atoms with van der Waals surface area (Å²) in [5.74, 6) is 1.26. The zero-order chi connectivity index (χ0) is 23.8. The van der Waals surface area contributed by atoms with Crippen molar-refractivity contribution in [3.05, 3.63) is 47.0 Å². The topological polar surface area (TPSA) is 94.5 Å². The molecule has 2 heterocycles. The number of carbonyl (C=O) groups is 1. The molecule has 0 bridgehead atoms. The molecule has 11 heteroatoms. The number of hydrogen-bond donors (Lipinski definition) is 0. The molecule has 2 atom stereocenters. The highest BCUT2D eigenvalue weighted by atomic mass is 35.5. The molecule has 0 radical (unpaired) electrons. The summed E-state index contributed by atoms with van der Waals surface area (Å²) in [4.78, 5) is 19.0. The van der Waals surface area contributed by atoms with Crippen molar-refractivity contribution in [3.63, 3.8) is 0 Å². The predicted molar refractivity (Wildman–Crippen MR) is 130 cm³/mol. The summed E-state index contributed by atoms with van der Waals surface area (Å²) in [5.41, 5.74) is 1.31. The smallest absolute Gasteiger partial charge is 0.252 e. The third-order valence-corrected chi connectivity index (χ3v) is 8.94. The molecule has 2 aromatic carbocycles. The lowest BCUT2D eigenvalue weighted by atomic mass is 10.1. The van der Waals surface area contributed by atoms with Gasteiger partial charge in [0.15, 0.2) is 26.5 Å². The summed E-state index contributed by atoms with van der Waals surface area (Å²) in [6, 6.07) is 9.98. The largest absolute Gasteiger partial charge is 0.495 e. The number of aliphatic imine (C=N–C) groups is 1. The first-order valence-corrected chi connectivity index (χ1v) is 13.1. The van der Waals surface area contributed by atoms with Crippen molar-refractivity contribution < 1.29 is 27.4 Å². The van der Waals surface area contributed by atoms with E-state index in [9.17, 15) is 13.2 Å². The number of anilines is 1.